The Hall–Kier alpha value is -1.71. The van der Waals surface area contributed by atoms with E-state index in [2.05, 4.69) is 73.4 Å². The van der Waals surface area contributed by atoms with E-state index in [1.807, 2.05) is 12.1 Å². The van der Waals surface area contributed by atoms with Gasteiger partial charge in [-0.3, -0.25) is 9.58 Å². The normalized spacial score (nSPS) is 17.4. The fourth-order valence-electron chi connectivity index (χ4n) is 4.17. The summed E-state index contributed by atoms with van der Waals surface area (Å²) in [4.78, 5) is 9.13. The molecule has 1 aliphatic heterocycles. The molecule has 3 aromatic rings. The highest BCUT2D eigenvalue weighted by Crippen LogP contribution is 2.37. The number of fused-ring (bicyclic) bond motifs is 1. The van der Waals surface area contributed by atoms with Gasteiger partial charge in [0.25, 0.3) is 0 Å². The fourth-order valence-corrected chi connectivity index (χ4v) is 5.38. The number of likely N-dealkylation sites (N-methyl/N-ethyl adjacent to an activating group) is 1. The van der Waals surface area contributed by atoms with Crippen LogP contribution in [0.5, 0.6) is 0 Å². The summed E-state index contributed by atoms with van der Waals surface area (Å²) in [5.74, 6) is 1.73. The lowest BCUT2D eigenvalue weighted by molar-refractivity contribution is 0.140. The zero-order valence-corrected chi connectivity index (χ0v) is 24.0. The zero-order chi connectivity index (χ0) is 25.4. The number of nitrogens with zero attached hydrogens (tertiary/aromatic N) is 5. The maximum atomic E-state index is 6.43. The predicted octanol–water partition coefficient (Wildman–Crippen LogP) is 6.07. The van der Waals surface area contributed by atoms with Crippen molar-refractivity contribution in [3.63, 3.8) is 0 Å². The number of piperazine rings is 1. The van der Waals surface area contributed by atoms with Gasteiger partial charge in [-0.05, 0) is 50.7 Å². The summed E-state index contributed by atoms with van der Waals surface area (Å²) in [7, 11) is 0.386. The SMILES string of the molecule is CC(CCO[Si](C)(C)C(C)(C)C)n1nc(-c2ccc(CN3CCN(C)CC3)o2)c2cnc(Cl)cc21. The highest BCUT2D eigenvalue weighted by atomic mass is 35.5. The molecule has 1 saturated heterocycles. The molecule has 1 unspecified atom stereocenters. The second-order valence-corrected chi connectivity index (χ2v) is 16.6. The lowest BCUT2D eigenvalue weighted by Crippen LogP contribution is -2.43. The molecule has 1 aliphatic rings. The first-order valence-corrected chi connectivity index (χ1v) is 15.9. The highest BCUT2D eigenvalue weighted by Gasteiger charge is 2.37. The Morgan fingerprint density at radius 2 is 1.89 bits per heavy atom. The van der Waals surface area contributed by atoms with Crippen LogP contribution in [0, 0.1) is 0 Å². The quantitative estimate of drug-likeness (QED) is 0.267. The van der Waals surface area contributed by atoms with Gasteiger partial charge in [-0.1, -0.05) is 32.4 Å². The molecule has 0 radical (unpaired) electrons. The minimum Gasteiger partial charge on any atom is -0.458 e. The Kier molecular flexibility index (Phi) is 7.79. The molecule has 9 heteroatoms. The number of halogens is 1. The van der Waals surface area contributed by atoms with Gasteiger partial charge in [0.2, 0.25) is 0 Å². The van der Waals surface area contributed by atoms with E-state index in [-0.39, 0.29) is 11.1 Å². The number of pyridine rings is 1. The van der Waals surface area contributed by atoms with E-state index in [9.17, 15) is 0 Å². The molecule has 1 atom stereocenters. The van der Waals surface area contributed by atoms with E-state index >= 15 is 0 Å². The van der Waals surface area contributed by atoms with E-state index in [1.54, 1.807) is 6.20 Å². The van der Waals surface area contributed by atoms with Crippen LogP contribution in [0.15, 0.2) is 28.8 Å². The van der Waals surface area contributed by atoms with Gasteiger partial charge in [0.05, 0.1) is 18.1 Å². The largest absolute Gasteiger partial charge is 0.458 e. The first kappa shape index (κ1) is 26.4. The summed E-state index contributed by atoms with van der Waals surface area (Å²) in [6.45, 7) is 19.4. The van der Waals surface area contributed by atoms with Crippen LogP contribution in [0.4, 0.5) is 0 Å². The van der Waals surface area contributed by atoms with Gasteiger partial charge < -0.3 is 13.7 Å². The number of hydrogen-bond acceptors (Lipinski definition) is 6. The van der Waals surface area contributed by atoms with Crippen molar-refractivity contribution in [2.45, 2.75) is 64.8 Å². The molecule has 4 heterocycles. The van der Waals surface area contributed by atoms with E-state index in [4.69, 9.17) is 25.5 Å². The second-order valence-electron chi connectivity index (χ2n) is 11.4. The Bertz CT molecular complexity index is 1140. The third-order valence-corrected chi connectivity index (χ3v) is 12.4. The molecule has 4 rings (SSSR count). The van der Waals surface area contributed by atoms with Crippen molar-refractivity contribution in [1.29, 1.82) is 0 Å². The van der Waals surface area contributed by atoms with Crippen molar-refractivity contribution in [2.24, 2.45) is 0 Å². The third kappa shape index (κ3) is 5.99. The summed E-state index contributed by atoms with van der Waals surface area (Å²) >= 11 is 6.28. The van der Waals surface area contributed by atoms with E-state index in [0.29, 0.717) is 11.8 Å². The number of aromatic nitrogens is 3. The van der Waals surface area contributed by atoms with Gasteiger partial charge in [0.15, 0.2) is 14.1 Å². The van der Waals surface area contributed by atoms with E-state index in [0.717, 1.165) is 67.3 Å². The van der Waals surface area contributed by atoms with Crippen LogP contribution in [0.1, 0.15) is 45.9 Å². The van der Waals surface area contributed by atoms with Gasteiger partial charge in [-0.15, -0.1) is 0 Å². The molecule has 35 heavy (non-hydrogen) atoms. The van der Waals surface area contributed by atoms with Gasteiger partial charge in [-0.2, -0.15) is 5.10 Å². The molecule has 0 bridgehead atoms. The summed E-state index contributed by atoms with van der Waals surface area (Å²) in [6.07, 6.45) is 2.67. The Labute approximate surface area is 215 Å². The van der Waals surface area contributed by atoms with Crippen LogP contribution in [0.3, 0.4) is 0 Å². The molecular formula is C26H40ClN5O2Si. The number of furan rings is 1. The van der Waals surface area contributed by atoms with Crippen molar-refractivity contribution in [3.8, 4) is 11.5 Å². The van der Waals surface area contributed by atoms with Crippen LogP contribution in [0.25, 0.3) is 22.4 Å². The second kappa shape index (κ2) is 10.3. The molecular weight excluding hydrogens is 478 g/mol. The molecule has 7 nitrogen and oxygen atoms in total. The van der Waals surface area contributed by atoms with Gasteiger partial charge in [0, 0.05) is 50.4 Å². The van der Waals surface area contributed by atoms with Gasteiger partial charge in [-0.25, -0.2) is 4.98 Å². The van der Waals surface area contributed by atoms with Crippen molar-refractivity contribution >= 4 is 30.8 Å². The van der Waals surface area contributed by atoms with Crippen LogP contribution in [0.2, 0.25) is 23.3 Å². The molecule has 0 amide bonds. The third-order valence-electron chi connectivity index (χ3n) is 7.65. The molecule has 3 aromatic heterocycles. The molecule has 0 aromatic carbocycles. The molecule has 1 fully saturated rings. The first-order chi connectivity index (χ1) is 16.4. The fraction of sp³-hybridized carbons (Fsp3) is 0.615. The van der Waals surface area contributed by atoms with Gasteiger partial charge >= 0.3 is 0 Å². The lowest BCUT2D eigenvalue weighted by atomic mass is 10.2. The Morgan fingerprint density at radius 3 is 2.57 bits per heavy atom. The van der Waals surface area contributed by atoms with Crippen molar-refractivity contribution in [1.82, 2.24) is 24.6 Å². The average Bonchev–Trinajstić information content (AvgIpc) is 3.38. The Morgan fingerprint density at radius 1 is 1.17 bits per heavy atom. The summed E-state index contributed by atoms with van der Waals surface area (Å²) < 4.78 is 14.8. The zero-order valence-electron chi connectivity index (χ0n) is 22.3. The maximum Gasteiger partial charge on any atom is 0.191 e. The molecule has 0 spiro atoms. The minimum absolute atomic E-state index is 0.147. The topological polar surface area (TPSA) is 59.6 Å². The summed E-state index contributed by atoms with van der Waals surface area (Å²) in [6, 6.07) is 6.14. The highest BCUT2D eigenvalue weighted by molar-refractivity contribution is 6.74. The number of hydrogen-bond donors (Lipinski definition) is 0. The molecule has 0 saturated carbocycles. The van der Waals surface area contributed by atoms with Crippen LogP contribution in [-0.2, 0) is 11.0 Å². The van der Waals surface area contributed by atoms with Crippen molar-refractivity contribution in [2.75, 3.05) is 39.8 Å². The van der Waals surface area contributed by atoms with Crippen LogP contribution >= 0.6 is 11.6 Å². The monoisotopic (exact) mass is 517 g/mol. The van der Waals surface area contributed by atoms with Crippen LogP contribution in [-0.4, -0.2) is 72.7 Å². The smallest absolute Gasteiger partial charge is 0.191 e. The average molecular weight is 518 g/mol. The number of rotatable bonds is 8. The van der Waals surface area contributed by atoms with Gasteiger partial charge in [0.1, 0.15) is 16.6 Å². The lowest BCUT2D eigenvalue weighted by Gasteiger charge is -2.36. The van der Waals surface area contributed by atoms with E-state index in [1.165, 1.54) is 0 Å². The molecule has 0 aliphatic carbocycles. The van der Waals surface area contributed by atoms with E-state index < -0.39 is 8.32 Å². The summed E-state index contributed by atoms with van der Waals surface area (Å²) in [5, 5.41) is 6.60. The van der Waals surface area contributed by atoms with Crippen molar-refractivity contribution in [3.05, 3.63) is 35.3 Å². The molecule has 192 valence electrons. The maximum absolute atomic E-state index is 6.43. The predicted molar refractivity (Wildman–Crippen MR) is 145 cm³/mol. The minimum atomic E-state index is -1.79. The molecule has 0 N–H and O–H groups in total. The Balaban J connectivity index is 1.53. The van der Waals surface area contributed by atoms with Crippen molar-refractivity contribution < 1.29 is 8.84 Å². The standard InChI is InChI=1S/C26H40ClN5O2Si/c1-19(10-15-33-35(6,7)26(2,3)4)32-22-16-24(27)28-17-21(22)25(29-32)23-9-8-20(34-23)18-31-13-11-30(5)12-14-31/h8-9,16-17,19H,10-15,18H2,1-7H3. The first-order valence-electron chi connectivity index (χ1n) is 12.6. The summed E-state index contributed by atoms with van der Waals surface area (Å²) in [5.41, 5.74) is 1.78. The van der Waals surface area contributed by atoms with Crippen LogP contribution < -0.4 is 0 Å².